The fourth-order valence-electron chi connectivity index (χ4n) is 2.55. The van der Waals surface area contributed by atoms with Crippen LogP contribution in [0.25, 0.3) is 0 Å². The largest absolute Gasteiger partial charge is 0.291 e. The molecule has 0 aliphatic rings. The Kier molecular flexibility index (Phi) is 5.03. The zero-order valence-electron chi connectivity index (χ0n) is 14.6. The van der Waals surface area contributed by atoms with Crippen LogP contribution in [0.4, 0.5) is 10.3 Å². The summed E-state index contributed by atoms with van der Waals surface area (Å²) in [4.78, 5) is 16.5. The lowest BCUT2D eigenvalue weighted by molar-refractivity contribution is -0.119. The summed E-state index contributed by atoms with van der Waals surface area (Å²) in [5.41, 5.74) is 2.27. The van der Waals surface area contributed by atoms with Crippen LogP contribution in [0.2, 0.25) is 5.02 Å². The Labute approximate surface area is 154 Å². The highest BCUT2D eigenvalue weighted by atomic mass is 35.5. The average molecular weight is 377 g/mol. The third kappa shape index (κ3) is 3.75. The highest BCUT2D eigenvalue weighted by Gasteiger charge is 2.21. The van der Waals surface area contributed by atoms with Gasteiger partial charge in [-0.15, -0.1) is 5.10 Å². The molecule has 3 aromatic rings. The molecule has 0 fully saturated rings. The van der Waals surface area contributed by atoms with Crippen LogP contribution < -0.4 is 5.32 Å². The van der Waals surface area contributed by atoms with Crippen molar-refractivity contribution in [1.29, 1.82) is 0 Å². The van der Waals surface area contributed by atoms with Crippen molar-refractivity contribution < 1.29 is 9.18 Å². The molecule has 0 saturated heterocycles. The summed E-state index contributed by atoms with van der Waals surface area (Å²) in [5, 5.41) is 11.7. The molecular formula is C17H18ClFN6O. The monoisotopic (exact) mass is 376 g/mol. The summed E-state index contributed by atoms with van der Waals surface area (Å²) in [6, 6.07) is 5.55. The molecule has 26 heavy (non-hydrogen) atoms. The predicted molar refractivity (Wildman–Crippen MR) is 95.6 cm³/mol. The van der Waals surface area contributed by atoms with Gasteiger partial charge in [0.05, 0.1) is 23.0 Å². The van der Waals surface area contributed by atoms with E-state index in [2.05, 4.69) is 20.5 Å². The summed E-state index contributed by atoms with van der Waals surface area (Å²) >= 11 is 6.13. The highest BCUT2D eigenvalue weighted by molar-refractivity contribution is 6.31. The van der Waals surface area contributed by atoms with Gasteiger partial charge in [-0.2, -0.15) is 5.10 Å². The lowest BCUT2D eigenvalue weighted by Gasteiger charge is -2.12. The lowest BCUT2D eigenvalue weighted by atomic mass is 10.2. The molecule has 1 unspecified atom stereocenters. The number of carbonyl (C=O) groups excluding carboxylic acids is 1. The SMILES string of the molecule is Cc1nn(C(C)C(=O)Nc2ncn(Cc3ccc(F)cc3)n2)c(C)c1Cl. The Balaban J connectivity index is 1.67. The number of aromatic nitrogens is 5. The van der Waals surface area contributed by atoms with Gasteiger partial charge in [-0.1, -0.05) is 23.7 Å². The molecule has 0 spiro atoms. The number of nitrogens with zero attached hydrogens (tertiary/aromatic N) is 5. The molecule has 0 aliphatic carbocycles. The number of carbonyl (C=O) groups is 1. The van der Waals surface area contributed by atoms with E-state index in [1.807, 2.05) is 6.92 Å². The standard InChI is InChI=1S/C17H18ClFN6O/c1-10-15(18)11(2)25(22-10)12(3)16(26)21-17-20-9-24(23-17)8-13-4-6-14(19)7-5-13/h4-7,9,12H,8H2,1-3H3,(H,21,23,26). The maximum atomic E-state index is 12.9. The Morgan fingerprint density at radius 2 is 1.96 bits per heavy atom. The second kappa shape index (κ2) is 7.25. The topological polar surface area (TPSA) is 77.6 Å². The fourth-order valence-corrected chi connectivity index (χ4v) is 2.68. The van der Waals surface area contributed by atoms with E-state index in [0.29, 0.717) is 17.3 Å². The average Bonchev–Trinajstić information content (AvgIpc) is 3.15. The minimum Gasteiger partial charge on any atom is -0.291 e. The quantitative estimate of drug-likeness (QED) is 0.742. The van der Waals surface area contributed by atoms with Gasteiger partial charge in [0.25, 0.3) is 5.91 Å². The molecule has 2 aromatic heterocycles. The van der Waals surface area contributed by atoms with Gasteiger partial charge < -0.3 is 0 Å². The van der Waals surface area contributed by atoms with Crippen molar-refractivity contribution in [2.45, 2.75) is 33.4 Å². The van der Waals surface area contributed by atoms with E-state index in [4.69, 9.17) is 11.6 Å². The van der Waals surface area contributed by atoms with E-state index in [-0.39, 0.29) is 17.7 Å². The molecule has 0 saturated carbocycles. The summed E-state index contributed by atoms with van der Waals surface area (Å²) in [6.07, 6.45) is 1.50. The fraction of sp³-hybridized carbons (Fsp3) is 0.294. The first kappa shape index (κ1) is 18.1. The molecule has 2 heterocycles. The van der Waals surface area contributed by atoms with E-state index in [1.165, 1.54) is 18.5 Å². The molecule has 136 valence electrons. The van der Waals surface area contributed by atoms with Gasteiger partial charge in [-0.05, 0) is 38.5 Å². The van der Waals surface area contributed by atoms with E-state index < -0.39 is 6.04 Å². The molecule has 3 rings (SSSR count). The van der Waals surface area contributed by atoms with Crippen LogP contribution in [0.5, 0.6) is 0 Å². The van der Waals surface area contributed by atoms with Crippen molar-refractivity contribution in [3.05, 3.63) is 58.4 Å². The number of hydrogen-bond donors (Lipinski definition) is 1. The first-order chi connectivity index (χ1) is 12.3. The van der Waals surface area contributed by atoms with Crippen LogP contribution >= 0.6 is 11.6 Å². The molecule has 9 heteroatoms. The first-order valence-electron chi connectivity index (χ1n) is 8.01. The van der Waals surface area contributed by atoms with E-state index in [9.17, 15) is 9.18 Å². The summed E-state index contributed by atoms with van der Waals surface area (Å²) in [7, 11) is 0. The summed E-state index contributed by atoms with van der Waals surface area (Å²) in [5.74, 6) is -0.401. The Morgan fingerprint density at radius 3 is 2.58 bits per heavy atom. The van der Waals surface area contributed by atoms with Crippen molar-refractivity contribution >= 4 is 23.5 Å². The first-order valence-corrected chi connectivity index (χ1v) is 8.39. The number of nitrogens with one attached hydrogen (secondary N) is 1. The van der Waals surface area contributed by atoms with E-state index in [0.717, 1.165) is 11.3 Å². The molecule has 1 aromatic carbocycles. The van der Waals surface area contributed by atoms with Crippen molar-refractivity contribution in [1.82, 2.24) is 24.5 Å². The lowest BCUT2D eigenvalue weighted by Crippen LogP contribution is -2.25. The third-order valence-electron chi connectivity index (χ3n) is 4.01. The van der Waals surface area contributed by atoms with Crippen molar-refractivity contribution in [2.24, 2.45) is 0 Å². The normalized spacial score (nSPS) is 12.2. The van der Waals surface area contributed by atoms with E-state index in [1.54, 1.807) is 35.3 Å². The van der Waals surface area contributed by atoms with Gasteiger partial charge in [0.1, 0.15) is 18.2 Å². The minimum atomic E-state index is -0.565. The van der Waals surface area contributed by atoms with Crippen LogP contribution in [0, 0.1) is 19.7 Å². The maximum absolute atomic E-state index is 12.9. The number of benzene rings is 1. The number of anilines is 1. The van der Waals surface area contributed by atoms with Gasteiger partial charge in [0.15, 0.2) is 0 Å². The summed E-state index contributed by atoms with van der Waals surface area (Å²) < 4.78 is 16.1. The van der Waals surface area contributed by atoms with Gasteiger partial charge in [-0.25, -0.2) is 14.1 Å². The number of hydrogen-bond acceptors (Lipinski definition) is 4. The van der Waals surface area contributed by atoms with Crippen LogP contribution in [-0.4, -0.2) is 30.5 Å². The van der Waals surface area contributed by atoms with Crippen LogP contribution in [-0.2, 0) is 11.3 Å². The molecule has 0 bridgehead atoms. The molecule has 0 aliphatic heterocycles. The number of aryl methyl sites for hydroxylation is 1. The summed E-state index contributed by atoms with van der Waals surface area (Å²) in [6.45, 7) is 5.74. The third-order valence-corrected chi connectivity index (χ3v) is 4.56. The number of amides is 1. The van der Waals surface area contributed by atoms with Crippen LogP contribution in [0.15, 0.2) is 30.6 Å². The predicted octanol–water partition coefficient (Wildman–Crippen LogP) is 3.13. The molecule has 0 radical (unpaired) electrons. The molecule has 1 amide bonds. The molecule has 7 nitrogen and oxygen atoms in total. The second-order valence-electron chi connectivity index (χ2n) is 5.99. The molecular weight excluding hydrogens is 359 g/mol. The molecule has 1 atom stereocenters. The van der Waals surface area contributed by atoms with Gasteiger partial charge in [-0.3, -0.25) is 14.8 Å². The van der Waals surface area contributed by atoms with Gasteiger partial charge in [0, 0.05) is 0 Å². The molecule has 1 N–H and O–H groups in total. The van der Waals surface area contributed by atoms with Crippen LogP contribution in [0.1, 0.15) is 29.9 Å². The Morgan fingerprint density at radius 1 is 1.27 bits per heavy atom. The smallest absolute Gasteiger partial charge is 0.251 e. The second-order valence-corrected chi connectivity index (χ2v) is 6.36. The van der Waals surface area contributed by atoms with Gasteiger partial charge >= 0.3 is 0 Å². The minimum absolute atomic E-state index is 0.191. The van der Waals surface area contributed by atoms with Crippen molar-refractivity contribution in [2.75, 3.05) is 5.32 Å². The van der Waals surface area contributed by atoms with Crippen molar-refractivity contribution in [3.63, 3.8) is 0 Å². The highest BCUT2D eigenvalue weighted by Crippen LogP contribution is 2.22. The van der Waals surface area contributed by atoms with Crippen molar-refractivity contribution in [3.8, 4) is 0 Å². The van der Waals surface area contributed by atoms with Gasteiger partial charge in [0.2, 0.25) is 5.95 Å². The number of rotatable bonds is 5. The number of halogens is 2. The maximum Gasteiger partial charge on any atom is 0.251 e. The van der Waals surface area contributed by atoms with E-state index >= 15 is 0 Å². The Bertz CT molecular complexity index is 933. The van der Waals surface area contributed by atoms with Crippen LogP contribution in [0.3, 0.4) is 0 Å². The zero-order valence-corrected chi connectivity index (χ0v) is 15.3. The zero-order chi connectivity index (χ0) is 18.8. The Hall–Kier alpha value is -2.74.